The summed E-state index contributed by atoms with van der Waals surface area (Å²) in [6.45, 7) is 4.91. The molecule has 1 aliphatic rings. The van der Waals surface area contributed by atoms with Crippen LogP contribution in [0.25, 0.3) is 0 Å². The highest BCUT2D eigenvalue weighted by atomic mass is 32.1. The van der Waals surface area contributed by atoms with E-state index >= 15 is 0 Å². The Kier molecular flexibility index (Phi) is 7.60. The van der Waals surface area contributed by atoms with Gasteiger partial charge >= 0.3 is 6.09 Å². The molecule has 2 aromatic heterocycles. The molecule has 9 nitrogen and oxygen atoms in total. The Hall–Kier alpha value is -3.84. The predicted octanol–water partition coefficient (Wildman–Crippen LogP) is 4.50. The minimum Gasteiger partial charge on any atom is -0.496 e. The zero-order valence-electron chi connectivity index (χ0n) is 20.8. The number of aromatic nitrogens is 2. The second-order valence-corrected chi connectivity index (χ2v) is 10.0. The molecule has 188 valence electrons. The van der Waals surface area contributed by atoms with Crippen LogP contribution in [0.3, 0.4) is 0 Å². The molecule has 0 radical (unpaired) electrons. The average molecular weight is 508 g/mol. The number of aryl methyl sites for hydroxylation is 2. The Morgan fingerprint density at radius 3 is 2.86 bits per heavy atom. The number of imidazole rings is 1. The van der Waals surface area contributed by atoms with Crippen molar-refractivity contribution in [3.05, 3.63) is 63.5 Å². The molecule has 0 saturated heterocycles. The number of nitrogens with one attached hydrogen (secondary N) is 1. The van der Waals surface area contributed by atoms with Gasteiger partial charge in [-0.05, 0) is 36.5 Å². The molecule has 0 bridgehead atoms. The van der Waals surface area contributed by atoms with Crippen LogP contribution >= 0.6 is 11.3 Å². The van der Waals surface area contributed by atoms with Gasteiger partial charge < -0.3 is 24.3 Å². The fraction of sp³-hybridized carbons (Fsp3) is 0.385. The summed E-state index contributed by atoms with van der Waals surface area (Å²) >= 11 is 1.34. The molecular weight excluding hydrogens is 478 g/mol. The first-order valence-corrected chi connectivity index (χ1v) is 12.5. The topological polar surface area (TPSA) is 109 Å². The molecule has 0 aliphatic carbocycles. The van der Waals surface area contributed by atoms with E-state index in [-0.39, 0.29) is 24.9 Å². The van der Waals surface area contributed by atoms with Crippen molar-refractivity contribution in [2.24, 2.45) is 7.05 Å². The molecule has 0 unspecified atom stereocenters. The van der Waals surface area contributed by atoms with Crippen LogP contribution < -0.4 is 10.1 Å². The zero-order valence-corrected chi connectivity index (χ0v) is 21.6. The molecule has 2 amide bonds. The maximum absolute atomic E-state index is 12.9. The summed E-state index contributed by atoms with van der Waals surface area (Å²) in [7, 11) is 3.46. The molecule has 0 saturated carbocycles. The molecule has 1 N–H and O–H groups in total. The third kappa shape index (κ3) is 5.36. The highest BCUT2D eigenvalue weighted by molar-refractivity contribution is 7.16. The van der Waals surface area contributed by atoms with Gasteiger partial charge in [0.05, 0.1) is 37.4 Å². The first-order chi connectivity index (χ1) is 17.3. The van der Waals surface area contributed by atoms with Crippen LogP contribution in [-0.4, -0.2) is 40.1 Å². The number of carbonyl (C=O) groups excluding carboxylic acids is 2. The van der Waals surface area contributed by atoms with Gasteiger partial charge in [0.25, 0.3) is 0 Å². The van der Waals surface area contributed by atoms with E-state index in [2.05, 4.69) is 16.4 Å². The normalized spacial score (nSPS) is 13.5. The Labute approximate surface area is 214 Å². The summed E-state index contributed by atoms with van der Waals surface area (Å²) in [5, 5.41) is 13.3. The molecule has 0 spiro atoms. The smallest absolute Gasteiger partial charge is 0.410 e. The van der Waals surface area contributed by atoms with E-state index in [9.17, 15) is 14.9 Å². The largest absolute Gasteiger partial charge is 0.496 e. The lowest BCUT2D eigenvalue weighted by Crippen LogP contribution is -2.35. The lowest BCUT2D eigenvalue weighted by molar-refractivity contribution is -0.116. The van der Waals surface area contributed by atoms with E-state index in [0.29, 0.717) is 30.1 Å². The maximum atomic E-state index is 12.9. The number of thiophene rings is 1. The van der Waals surface area contributed by atoms with Crippen molar-refractivity contribution in [1.82, 2.24) is 14.5 Å². The van der Waals surface area contributed by atoms with Gasteiger partial charge in [-0.15, -0.1) is 11.3 Å². The number of ether oxygens (including phenoxy) is 2. The Morgan fingerprint density at radius 2 is 2.17 bits per heavy atom. The van der Waals surface area contributed by atoms with Crippen LogP contribution in [0.2, 0.25) is 0 Å². The van der Waals surface area contributed by atoms with Gasteiger partial charge in [-0.3, -0.25) is 4.79 Å². The molecular formula is C26H29N5O4S. The fourth-order valence-corrected chi connectivity index (χ4v) is 5.55. The number of rotatable bonds is 7. The van der Waals surface area contributed by atoms with Gasteiger partial charge in [0.1, 0.15) is 23.4 Å². The number of carbonyl (C=O) groups is 2. The number of hydrogen-bond donors (Lipinski definition) is 1. The van der Waals surface area contributed by atoms with E-state index in [0.717, 1.165) is 33.0 Å². The van der Waals surface area contributed by atoms with E-state index < -0.39 is 6.09 Å². The molecule has 3 aromatic rings. The first-order valence-electron chi connectivity index (χ1n) is 11.7. The standard InChI is InChI=1S/C26H29N5O4S/c1-16-5-6-22(34-4)20(9-16)17(2)10-24(32)29-25-21(11-27)19-7-8-31(13-23(19)36-25)26(33)35-14-18-12-28-15-30(18)3/h5-6,9,12,15,17H,7-8,10,13-14H2,1-4H3,(H,29,32)/t17-/m0/s1. The number of fused-ring (bicyclic) bond motifs is 1. The Balaban J connectivity index is 1.41. The van der Waals surface area contributed by atoms with Crippen LogP contribution in [0.15, 0.2) is 30.7 Å². The van der Waals surface area contributed by atoms with Crippen LogP contribution in [0.5, 0.6) is 5.75 Å². The van der Waals surface area contributed by atoms with Gasteiger partial charge in [0.2, 0.25) is 5.91 Å². The first kappa shape index (κ1) is 25.3. The van der Waals surface area contributed by atoms with Crippen LogP contribution in [0, 0.1) is 18.3 Å². The van der Waals surface area contributed by atoms with Gasteiger partial charge in [0.15, 0.2) is 0 Å². The van der Waals surface area contributed by atoms with E-state index in [4.69, 9.17) is 9.47 Å². The summed E-state index contributed by atoms with van der Waals surface area (Å²) < 4.78 is 12.7. The van der Waals surface area contributed by atoms with Gasteiger partial charge in [-0.25, -0.2) is 9.78 Å². The Morgan fingerprint density at radius 1 is 1.36 bits per heavy atom. The number of anilines is 1. The molecule has 0 fully saturated rings. The number of nitrogens with zero attached hydrogens (tertiary/aromatic N) is 4. The van der Waals surface area contributed by atoms with E-state index in [1.54, 1.807) is 29.1 Å². The monoisotopic (exact) mass is 507 g/mol. The lowest BCUT2D eigenvalue weighted by atomic mass is 9.95. The number of amides is 2. The van der Waals surface area contributed by atoms with Crippen molar-refractivity contribution < 1.29 is 19.1 Å². The maximum Gasteiger partial charge on any atom is 0.410 e. The van der Waals surface area contributed by atoms with Gasteiger partial charge in [0, 0.05) is 24.9 Å². The highest BCUT2D eigenvalue weighted by Gasteiger charge is 2.28. The van der Waals surface area contributed by atoms with Crippen LogP contribution in [0.1, 0.15) is 52.1 Å². The molecule has 36 heavy (non-hydrogen) atoms. The molecule has 1 atom stereocenters. The Bertz CT molecular complexity index is 1320. The third-order valence-corrected chi connectivity index (χ3v) is 7.48. The van der Waals surface area contributed by atoms with Gasteiger partial charge in [-0.1, -0.05) is 24.6 Å². The minimum atomic E-state index is -0.416. The summed E-state index contributed by atoms with van der Waals surface area (Å²) in [5.74, 6) is 0.513. The molecule has 1 aromatic carbocycles. The van der Waals surface area contributed by atoms with Crippen molar-refractivity contribution in [3.63, 3.8) is 0 Å². The summed E-state index contributed by atoms with van der Waals surface area (Å²) in [4.78, 5) is 32.1. The molecule has 1 aliphatic heterocycles. The van der Waals surface area contributed by atoms with Crippen LogP contribution in [0.4, 0.5) is 9.80 Å². The van der Waals surface area contributed by atoms with Crippen LogP contribution in [-0.2, 0) is 36.2 Å². The van der Waals surface area contributed by atoms with Crippen molar-refractivity contribution in [2.75, 3.05) is 19.0 Å². The number of methoxy groups -OCH3 is 1. The van der Waals surface area contributed by atoms with Crippen molar-refractivity contribution in [1.29, 1.82) is 5.26 Å². The number of hydrogen-bond acceptors (Lipinski definition) is 7. The number of benzene rings is 1. The fourth-order valence-electron chi connectivity index (χ4n) is 4.32. The average Bonchev–Trinajstić information content (AvgIpc) is 3.43. The van der Waals surface area contributed by atoms with E-state index in [1.165, 1.54) is 11.3 Å². The summed E-state index contributed by atoms with van der Waals surface area (Å²) in [5.41, 5.74) is 4.23. The summed E-state index contributed by atoms with van der Waals surface area (Å²) in [6.07, 6.45) is 3.67. The zero-order chi connectivity index (χ0) is 25.8. The van der Waals surface area contributed by atoms with Crippen molar-refractivity contribution >= 4 is 28.3 Å². The SMILES string of the molecule is COc1ccc(C)cc1[C@@H](C)CC(=O)Nc1sc2c(c1C#N)CCN(C(=O)OCc1cncn1C)C2. The van der Waals surface area contributed by atoms with Gasteiger partial charge in [-0.2, -0.15) is 5.26 Å². The summed E-state index contributed by atoms with van der Waals surface area (Å²) in [6, 6.07) is 8.16. The third-order valence-electron chi connectivity index (χ3n) is 6.35. The molecule has 10 heteroatoms. The van der Waals surface area contributed by atoms with Crippen molar-refractivity contribution in [2.45, 2.75) is 45.8 Å². The number of nitriles is 1. The quantitative estimate of drug-likeness (QED) is 0.504. The predicted molar refractivity (Wildman–Crippen MR) is 136 cm³/mol. The molecule has 3 heterocycles. The second-order valence-electron chi connectivity index (χ2n) is 8.94. The van der Waals surface area contributed by atoms with Crippen molar-refractivity contribution in [3.8, 4) is 11.8 Å². The minimum absolute atomic E-state index is 0.0651. The lowest BCUT2D eigenvalue weighted by Gasteiger charge is -2.26. The van der Waals surface area contributed by atoms with E-state index in [1.807, 2.05) is 39.1 Å². The highest BCUT2D eigenvalue weighted by Crippen LogP contribution is 2.37. The molecule has 4 rings (SSSR count). The second kappa shape index (κ2) is 10.8.